The van der Waals surface area contributed by atoms with E-state index in [-0.39, 0.29) is 12.2 Å². The molecule has 2 rings (SSSR count). The van der Waals surface area contributed by atoms with Gasteiger partial charge in [0.15, 0.2) is 0 Å². The lowest BCUT2D eigenvalue weighted by Crippen LogP contribution is -2.38. The molecule has 4 unspecified atom stereocenters. The smallest absolute Gasteiger partial charge is 0.387 e. The number of H-pyrrole nitrogens is 1. The standard InChI is InChI=1S/C12H22N3O15P3/c1-2-13-5-15-3-6(11(18)14-12(15)19)10-9(17)8(16)7(28-10)4-27-32(23,24)30-33(25,26)29-31(20,21)22/h3,7-10,13,16-17H,2,4-5H2,1H3,(H,23,24)(H,25,26)(H,14,18,19)(H2,20,21,22)/t7-,8?,9?,10+/m1/s1. The van der Waals surface area contributed by atoms with Gasteiger partial charge in [0.25, 0.3) is 5.56 Å². The molecule has 1 aromatic rings. The van der Waals surface area contributed by atoms with Crippen LogP contribution in [-0.4, -0.2) is 70.8 Å². The maximum atomic E-state index is 12.2. The van der Waals surface area contributed by atoms with Gasteiger partial charge in [0.05, 0.1) is 18.8 Å². The van der Waals surface area contributed by atoms with Crippen molar-refractivity contribution in [3.05, 3.63) is 32.6 Å². The molecule has 0 bridgehead atoms. The molecule has 1 fully saturated rings. The molecule has 0 aromatic carbocycles. The summed E-state index contributed by atoms with van der Waals surface area (Å²) in [5, 5.41) is 23.2. The number of aliphatic hydroxyl groups excluding tert-OH is 2. The zero-order chi connectivity index (χ0) is 25.2. The molecule has 18 nitrogen and oxygen atoms in total. The fourth-order valence-corrected chi connectivity index (χ4v) is 5.72. The van der Waals surface area contributed by atoms with Crippen LogP contribution in [-0.2, 0) is 38.2 Å². The van der Waals surface area contributed by atoms with Crippen molar-refractivity contribution in [2.45, 2.75) is 38.0 Å². The van der Waals surface area contributed by atoms with Crippen molar-refractivity contribution in [2.75, 3.05) is 13.2 Å². The summed E-state index contributed by atoms with van der Waals surface area (Å²) in [7, 11) is -16.8. The topological polar surface area (TPSA) is 276 Å². The van der Waals surface area contributed by atoms with Crippen LogP contribution in [0.2, 0.25) is 0 Å². The Hall–Kier alpha value is -1.07. The lowest BCUT2D eigenvalue weighted by atomic mass is 10.0. The van der Waals surface area contributed by atoms with Crippen LogP contribution in [0.25, 0.3) is 0 Å². The summed E-state index contributed by atoms with van der Waals surface area (Å²) in [5.41, 5.74) is -1.96. The number of rotatable bonds is 11. The van der Waals surface area contributed by atoms with E-state index in [9.17, 15) is 38.4 Å². The molecular weight excluding hydrogens is 519 g/mol. The van der Waals surface area contributed by atoms with Gasteiger partial charge in [0.1, 0.15) is 24.4 Å². The van der Waals surface area contributed by atoms with Crippen LogP contribution in [0.1, 0.15) is 18.6 Å². The second-order valence-electron chi connectivity index (χ2n) is 6.54. The largest absolute Gasteiger partial charge is 0.490 e. The van der Waals surface area contributed by atoms with Crippen LogP contribution in [0.4, 0.5) is 0 Å². The average Bonchev–Trinajstić information content (AvgIpc) is 2.91. The van der Waals surface area contributed by atoms with E-state index < -0.39 is 65.7 Å². The Labute approximate surface area is 184 Å². The van der Waals surface area contributed by atoms with Gasteiger partial charge in [-0.3, -0.25) is 24.2 Å². The highest BCUT2D eigenvalue weighted by Gasteiger charge is 2.47. The van der Waals surface area contributed by atoms with E-state index >= 15 is 0 Å². The van der Waals surface area contributed by atoms with Gasteiger partial charge in [-0.25, -0.2) is 18.5 Å². The molecule has 0 amide bonds. The number of hydrogen-bond acceptors (Lipinski definition) is 12. The van der Waals surface area contributed by atoms with E-state index in [4.69, 9.17) is 19.4 Å². The zero-order valence-electron chi connectivity index (χ0n) is 16.7. The second-order valence-corrected chi connectivity index (χ2v) is 11.0. The van der Waals surface area contributed by atoms with Crippen LogP contribution in [0.5, 0.6) is 0 Å². The summed E-state index contributed by atoms with van der Waals surface area (Å²) in [6.07, 6.45) is -5.56. The third kappa shape index (κ3) is 7.99. The molecule has 1 aliphatic heterocycles. The van der Waals surface area contributed by atoms with E-state index in [0.29, 0.717) is 6.54 Å². The van der Waals surface area contributed by atoms with Crippen molar-refractivity contribution in [1.29, 1.82) is 0 Å². The summed E-state index contributed by atoms with van der Waals surface area (Å²) < 4.78 is 51.6. The first-order chi connectivity index (χ1) is 15.1. The lowest BCUT2D eigenvalue weighted by molar-refractivity contribution is -0.0228. The third-order valence-corrected chi connectivity index (χ3v) is 7.86. The van der Waals surface area contributed by atoms with Crippen molar-refractivity contribution in [3.63, 3.8) is 0 Å². The molecular formula is C12H22N3O15P3. The van der Waals surface area contributed by atoms with Crippen molar-refractivity contribution in [1.82, 2.24) is 14.9 Å². The highest BCUT2D eigenvalue weighted by molar-refractivity contribution is 7.66. The van der Waals surface area contributed by atoms with Crippen molar-refractivity contribution < 1.29 is 61.4 Å². The molecule has 0 radical (unpaired) electrons. The van der Waals surface area contributed by atoms with E-state index in [1.807, 2.05) is 4.98 Å². The fraction of sp³-hybridized carbons (Fsp3) is 0.667. The molecule has 2 heterocycles. The molecule has 0 aliphatic carbocycles. The molecule has 1 aliphatic rings. The van der Waals surface area contributed by atoms with Gasteiger partial charge in [0.2, 0.25) is 0 Å². The van der Waals surface area contributed by atoms with Crippen LogP contribution >= 0.6 is 23.5 Å². The number of nitrogens with one attached hydrogen (secondary N) is 2. The van der Waals surface area contributed by atoms with Crippen molar-refractivity contribution in [2.24, 2.45) is 0 Å². The first-order valence-electron chi connectivity index (χ1n) is 8.89. The number of hydrogen-bond donors (Lipinski definition) is 8. The molecule has 190 valence electrons. The zero-order valence-corrected chi connectivity index (χ0v) is 19.3. The molecule has 1 saturated heterocycles. The first-order valence-corrected chi connectivity index (χ1v) is 13.4. The van der Waals surface area contributed by atoms with Gasteiger partial charge in [-0.05, 0) is 6.54 Å². The van der Waals surface area contributed by atoms with Crippen LogP contribution in [0.3, 0.4) is 0 Å². The Bertz CT molecular complexity index is 1100. The summed E-state index contributed by atoms with van der Waals surface area (Å²) >= 11 is 0. The van der Waals surface area contributed by atoms with Gasteiger partial charge in [0, 0.05) is 6.20 Å². The second kappa shape index (κ2) is 10.7. The van der Waals surface area contributed by atoms with Gasteiger partial charge >= 0.3 is 29.2 Å². The quantitative estimate of drug-likeness (QED) is 0.136. The number of aromatic amines is 1. The summed E-state index contributed by atoms with van der Waals surface area (Å²) in [4.78, 5) is 61.6. The Balaban J connectivity index is 2.13. The number of aliphatic hydroxyl groups is 2. The minimum absolute atomic E-state index is 0.0000462. The van der Waals surface area contributed by atoms with E-state index in [2.05, 4.69) is 18.5 Å². The SMILES string of the molecule is CCNCn1cc([C@@H]2O[C@H](COP(=O)(O)OP(=O)(O)OP(=O)(O)O)C(O)C2O)c(=O)[nH]c1=O. The Morgan fingerprint density at radius 1 is 1.09 bits per heavy atom. The Kier molecular flexibility index (Phi) is 9.12. The summed E-state index contributed by atoms with van der Waals surface area (Å²) in [6.45, 7) is 1.21. The van der Waals surface area contributed by atoms with Crippen molar-refractivity contribution >= 4 is 23.5 Å². The molecule has 1 aromatic heterocycles. The minimum Gasteiger partial charge on any atom is -0.387 e. The molecule has 33 heavy (non-hydrogen) atoms. The molecule has 6 atom stereocenters. The molecule has 0 spiro atoms. The Morgan fingerprint density at radius 2 is 1.73 bits per heavy atom. The highest BCUT2D eigenvalue weighted by atomic mass is 31.3. The average molecular weight is 541 g/mol. The summed E-state index contributed by atoms with van der Waals surface area (Å²) in [5.74, 6) is 0. The number of nitrogens with zero attached hydrogens (tertiary/aromatic N) is 1. The summed E-state index contributed by atoms with van der Waals surface area (Å²) in [6, 6.07) is 0. The maximum absolute atomic E-state index is 12.2. The predicted octanol–water partition coefficient (Wildman–Crippen LogP) is -2.39. The minimum atomic E-state index is -5.75. The van der Waals surface area contributed by atoms with Crippen LogP contribution < -0.4 is 16.6 Å². The van der Waals surface area contributed by atoms with Crippen LogP contribution in [0, 0.1) is 0 Å². The van der Waals surface area contributed by atoms with E-state index in [1.165, 1.54) is 0 Å². The number of phosphoric ester groups is 1. The predicted molar refractivity (Wildman–Crippen MR) is 104 cm³/mol. The third-order valence-electron chi connectivity index (χ3n) is 4.06. The normalized spacial score (nSPS) is 27.2. The monoisotopic (exact) mass is 541 g/mol. The number of ether oxygens (including phenoxy) is 1. The van der Waals surface area contributed by atoms with Crippen molar-refractivity contribution in [3.8, 4) is 0 Å². The molecule has 21 heteroatoms. The Morgan fingerprint density at radius 3 is 2.30 bits per heavy atom. The highest BCUT2D eigenvalue weighted by Crippen LogP contribution is 2.66. The number of phosphoric acid groups is 3. The van der Waals surface area contributed by atoms with Gasteiger partial charge in [-0.15, -0.1) is 0 Å². The van der Waals surface area contributed by atoms with Gasteiger partial charge in [-0.2, -0.15) is 8.62 Å². The maximum Gasteiger partial charge on any atom is 0.490 e. The van der Waals surface area contributed by atoms with Crippen LogP contribution in [0.15, 0.2) is 15.8 Å². The van der Waals surface area contributed by atoms with Gasteiger partial charge in [-0.1, -0.05) is 6.92 Å². The molecule has 8 N–H and O–H groups in total. The fourth-order valence-electron chi connectivity index (χ4n) is 2.69. The number of aromatic nitrogens is 2. The van der Waals surface area contributed by atoms with E-state index in [0.717, 1.165) is 10.8 Å². The first kappa shape index (κ1) is 28.2. The van der Waals surface area contributed by atoms with E-state index in [1.54, 1.807) is 6.92 Å². The molecule has 0 saturated carbocycles. The lowest BCUT2D eigenvalue weighted by Gasteiger charge is -2.19. The van der Waals surface area contributed by atoms with Gasteiger partial charge < -0.3 is 34.5 Å².